The molecule has 0 aliphatic carbocycles. The minimum atomic E-state index is 0.404. The Bertz CT molecular complexity index is 636. The van der Waals surface area contributed by atoms with Crippen LogP contribution in [0.5, 0.6) is 6.01 Å². The van der Waals surface area contributed by atoms with Crippen LogP contribution in [0.3, 0.4) is 0 Å². The van der Waals surface area contributed by atoms with E-state index in [9.17, 15) is 0 Å². The van der Waals surface area contributed by atoms with Gasteiger partial charge in [-0.3, -0.25) is 4.68 Å². The highest BCUT2D eigenvalue weighted by atomic mass is 16.5. The number of fused-ring (bicyclic) bond motifs is 1. The van der Waals surface area contributed by atoms with Crippen LogP contribution in [-0.4, -0.2) is 26.4 Å². The van der Waals surface area contributed by atoms with Crippen molar-refractivity contribution in [3.63, 3.8) is 0 Å². The van der Waals surface area contributed by atoms with E-state index in [1.807, 2.05) is 36.5 Å². The zero-order valence-electron chi connectivity index (χ0n) is 9.73. The monoisotopic (exact) mass is 240 g/mol. The normalized spacial score (nSPS) is 10.7. The van der Waals surface area contributed by atoms with Crippen molar-refractivity contribution in [2.45, 2.75) is 6.54 Å². The van der Waals surface area contributed by atoms with Gasteiger partial charge in [-0.25, -0.2) is 4.98 Å². The molecule has 5 nitrogen and oxygen atoms in total. The van der Waals surface area contributed by atoms with Crippen LogP contribution in [0.4, 0.5) is 0 Å². The zero-order chi connectivity index (χ0) is 12.2. The highest BCUT2D eigenvalue weighted by Crippen LogP contribution is 2.12. The summed E-state index contributed by atoms with van der Waals surface area (Å²) in [6.07, 6.45) is 5.41. The van der Waals surface area contributed by atoms with Crippen molar-refractivity contribution in [3.8, 4) is 6.01 Å². The van der Waals surface area contributed by atoms with E-state index in [0.29, 0.717) is 19.2 Å². The van der Waals surface area contributed by atoms with Crippen molar-refractivity contribution in [3.05, 3.63) is 48.9 Å². The van der Waals surface area contributed by atoms with E-state index in [0.717, 1.165) is 10.9 Å². The summed E-state index contributed by atoms with van der Waals surface area (Å²) in [6.45, 7) is 1.18. The van der Waals surface area contributed by atoms with Crippen LogP contribution < -0.4 is 4.74 Å². The molecule has 5 heteroatoms. The summed E-state index contributed by atoms with van der Waals surface area (Å²) in [4.78, 5) is 8.49. The molecule has 0 N–H and O–H groups in total. The average Bonchev–Trinajstić information content (AvgIpc) is 2.92. The van der Waals surface area contributed by atoms with Crippen molar-refractivity contribution in [2.75, 3.05) is 6.61 Å². The van der Waals surface area contributed by atoms with Gasteiger partial charge in [-0.15, -0.1) is 0 Å². The van der Waals surface area contributed by atoms with E-state index in [4.69, 9.17) is 4.74 Å². The van der Waals surface area contributed by atoms with Gasteiger partial charge in [-0.2, -0.15) is 10.1 Å². The molecule has 0 saturated heterocycles. The minimum Gasteiger partial charge on any atom is -0.461 e. The maximum Gasteiger partial charge on any atom is 0.316 e. The summed E-state index contributed by atoms with van der Waals surface area (Å²) in [5.74, 6) is 0. The van der Waals surface area contributed by atoms with E-state index in [1.165, 1.54) is 0 Å². The summed E-state index contributed by atoms with van der Waals surface area (Å²) < 4.78 is 7.31. The lowest BCUT2D eigenvalue weighted by Gasteiger charge is -2.05. The Balaban J connectivity index is 1.67. The molecule has 0 fully saturated rings. The summed E-state index contributed by atoms with van der Waals surface area (Å²) in [5.41, 5.74) is 0.890. The van der Waals surface area contributed by atoms with Gasteiger partial charge >= 0.3 is 6.01 Å². The van der Waals surface area contributed by atoms with Crippen molar-refractivity contribution in [2.24, 2.45) is 0 Å². The molecular formula is C13H12N4O. The van der Waals surface area contributed by atoms with E-state index >= 15 is 0 Å². The molecule has 0 spiro atoms. The Morgan fingerprint density at radius 2 is 2.11 bits per heavy atom. The summed E-state index contributed by atoms with van der Waals surface area (Å²) in [5, 5.41) is 5.10. The smallest absolute Gasteiger partial charge is 0.316 e. The molecule has 0 radical (unpaired) electrons. The molecule has 2 heterocycles. The van der Waals surface area contributed by atoms with Gasteiger partial charge in [0.15, 0.2) is 0 Å². The summed E-state index contributed by atoms with van der Waals surface area (Å²) in [7, 11) is 0. The molecule has 2 aromatic heterocycles. The van der Waals surface area contributed by atoms with Gasteiger partial charge in [-0.05, 0) is 12.1 Å². The second kappa shape index (κ2) is 4.83. The number of rotatable bonds is 4. The Kier molecular flexibility index (Phi) is 2.87. The molecule has 3 rings (SSSR count). The third-order valence-electron chi connectivity index (χ3n) is 2.58. The molecular weight excluding hydrogens is 228 g/mol. The number of benzene rings is 1. The molecule has 1 aromatic carbocycles. The number of hydrogen-bond donors (Lipinski definition) is 0. The van der Waals surface area contributed by atoms with Crippen LogP contribution in [0.2, 0.25) is 0 Å². The van der Waals surface area contributed by atoms with Crippen LogP contribution in [0.15, 0.2) is 48.9 Å². The Hall–Kier alpha value is -2.43. The fourth-order valence-corrected chi connectivity index (χ4v) is 1.69. The van der Waals surface area contributed by atoms with Crippen molar-refractivity contribution in [1.82, 2.24) is 19.7 Å². The standard InChI is InChI=1S/C13H12N4O/c1-2-5-12-11(4-1)10-14-13(16-12)18-9-8-17-7-3-6-15-17/h1-7,10H,8-9H2. The van der Waals surface area contributed by atoms with Crippen molar-refractivity contribution in [1.29, 1.82) is 0 Å². The average molecular weight is 240 g/mol. The third-order valence-corrected chi connectivity index (χ3v) is 2.58. The second-order valence-electron chi connectivity index (χ2n) is 3.83. The quantitative estimate of drug-likeness (QED) is 0.699. The summed E-state index contributed by atoms with van der Waals surface area (Å²) >= 11 is 0. The van der Waals surface area contributed by atoms with Crippen LogP contribution in [0, 0.1) is 0 Å². The number of ether oxygens (including phenoxy) is 1. The number of nitrogens with zero attached hydrogens (tertiary/aromatic N) is 4. The predicted molar refractivity (Wildman–Crippen MR) is 67.3 cm³/mol. The topological polar surface area (TPSA) is 52.8 Å². The SMILES string of the molecule is c1ccc2nc(OCCn3cccn3)ncc2c1. The Morgan fingerprint density at radius 3 is 3.00 bits per heavy atom. The van der Waals surface area contributed by atoms with Crippen LogP contribution in [-0.2, 0) is 6.54 Å². The highest BCUT2D eigenvalue weighted by molar-refractivity contribution is 5.77. The molecule has 0 aliphatic rings. The van der Waals surface area contributed by atoms with E-state index in [1.54, 1.807) is 17.1 Å². The molecule has 0 amide bonds. The van der Waals surface area contributed by atoms with Gasteiger partial charge in [0.25, 0.3) is 0 Å². The molecule has 0 atom stereocenters. The molecule has 0 saturated carbocycles. The van der Waals surface area contributed by atoms with E-state index in [2.05, 4.69) is 15.1 Å². The summed E-state index contributed by atoms with van der Waals surface area (Å²) in [6, 6.07) is 10.1. The van der Waals surface area contributed by atoms with Gasteiger partial charge in [0.2, 0.25) is 0 Å². The van der Waals surface area contributed by atoms with Gasteiger partial charge in [0.1, 0.15) is 6.61 Å². The zero-order valence-corrected chi connectivity index (χ0v) is 9.73. The second-order valence-corrected chi connectivity index (χ2v) is 3.83. The first kappa shape index (κ1) is 10.7. The van der Waals surface area contributed by atoms with Gasteiger partial charge in [0, 0.05) is 24.0 Å². The van der Waals surface area contributed by atoms with Crippen LogP contribution in [0.25, 0.3) is 10.9 Å². The van der Waals surface area contributed by atoms with Crippen molar-refractivity contribution < 1.29 is 4.74 Å². The largest absolute Gasteiger partial charge is 0.461 e. The first-order chi connectivity index (χ1) is 8.92. The predicted octanol–water partition coefficient (Wildman–Crippen LogP) is 1.91. The van der Waals surface area contributed by atoms with E-state index < -0.39 is 0 Å². The number of hydrogen-bond acceptors (Lipinski definition) is 4. The maximum absolute atomic E-state index is 5.50. The van der Waals surface area contributed by atoms with Crippen molar-refractivity contribution >= 4 is 10.9 Å². The minimum absolute atomic E-state index is 0.404. The lowest BCUT2D eigenvalue weighted by molar-refractivity contribution is 0.271. The number of aromatic nitrogens is 4. The molecule has 0 unspecified atom stereocenters. The van der Waals surface area contributed by atoms with Gasteiger partial charge in [-0.1, -0.05) is 18.2 Å². The first-order valence-electron chi connectivity index (χ1n) is 5.74. The first-order valence-corrected chi connectivity index (χ1v) is 5.74. The fourth-order valence-electron chi connectivity index (χ4n) is 1.69. The molecule has 3 aromatic rings. The van der Waals surface area contributed by atoms with E-state index in [-0.39, 0.29) is 0 Å². The highest BCUT2D eigenvalue weighted by Gasteiger charge is 2.00. The Labute approximate surface area is 104 Å². The molecule has 90 valence electrons. The molecule has 18 heavy (non-hydrogen) atoms. The Morgan fingerprint density at radius 1 is 1.17 bits per heavy atom. The fraction of sp³-hybridized carbons (Fsp3) is 0.154. The van der Waals surface area contributed by atoms with Crippen LogP contribution in [0.1, 0.15) is 0 Å². The lowest BCUT2D eigenvalue weighted by atomic mass is 10.2. The van der Waals surface area contributed by atoms with Crippen LogP contribution >= 0.6 is 0 Å². The van der Waals surface area contributed by atoms with Gasteiger partial charge < -0.3 is 4.74 Å². The maximum atomic E-state index is 5.50. The lowest BCUT2D eigenvalue weighted by Crippen LogP contribution is -2.09. The van der Waals surface area contributed by atoms with Gasteiger partial charge in [0.05, 0.1) is 12.1 Å². The molecule has 0 aliphatic heterocycles. The number of para-hydroxylation sites is 1. The molecule has 0 bridgehead atoms. The third kappa shape index (κ3) is 2.29.